The molecule has 1 heterocycles. The highest BCUT2D eigenvalue weighted by molar-refractivity contribution is 6.06. The molecule has 0 amide bonds. The number of esters is 1. The van der Waals surface area contributed by atoms with E-state index in [0.29, 0.717) is 11.3 Å². The fraction of sp³-hybridized carbons (Fsp3) is 0. The normalized spacial score (nSPS) is 13.6. The van der Waals surface area contributed by atoms with Crippen molar-refractivity contribution in [2.75, 3.05) is 0 Å². The van der Waals surface area contributed by atoms with Crippen LogP contribution in [-0.4, -0.2) is 5.97 Å². The second-order valence-corrected chi connectivity index (χ2v) is 6.20. The maximum Gasteiger partial charge on any atom is 0.344 e. The fourth-order valence-corrected chi connectivity index (χ4v) is 3.08. The Morgan fingerprint density at radius 1 is 0.667 bits per heavy atom. The monoisotopic (exact) mass is 350 g/mol. The van der Waals surface area contributed by atoms with Gasteiger partial charge in [-0.1, -0.05) is 97.1 Å². The topological polar surface area (TPSA) is 26.3 Å². The molecule has 27 heavy (non-hydrogen) atoms. The number of carbonyl (C=O) groups is 1. The zero-order chi connectivity index (χ0) is 18.5. The summed E-state index contributed by atoms with van der Waals surface area (Å²) in [4.78, 5) is 12.6. The summed E-state index contributed by atoms with van der Waals surface area (Å²) in [5, 5.41) is 0. The molecule has 0 N–H and O–H groups in total. The molecular formula is C25H18O2. The number of ether oxygens (including phenoxy) is 1. The number of allylic oxidation sites excluding steroid dienone is 1. The maximum absolute atomic E-state index is 12.6. The molecule has 3 aromatic rings. The average molecular weight is 350 g/mol. The minimum Gasteiger partial charge on any atom is -0.423 e. The lowest BCUT2D eigenvalue weighted by molar-refractivity contribution is -0.132. The Balaban J connectivity index is 1.78. The van der Waals surface area contributed by atoms with E-state index in [0.717, 1.165) is 22.3 Å². The first-order chi connectivity index (χ1) is 13.3. The van der Waals surface area contributed by atoms with E-state index in [-0.39, 0.29) is 5.97 Å². The molecule has 2 nitrogen and oxygen atoms in total. The predicted molar refractivity (Wildman–Crippen MR) is 109 cm³/mol. The van der Waals surface area contributed by atoms with Gasteiger partial charge in [-0.25, -0.2) is 4.79 Å². The lowest BCUT2D eigenvalue weighted by Gasteiger charge is -2.10. The molecular weight excluding hydrogens is 332 g/mol. The molecule has 4 rings (SSSR count). The van der Waals surface area contributed by atoms with E-state index in [1.165, 1.54) is 0 Å². The Hall–Kier alpha value is -3.65. The van der Waals surface area contributed by atoms with Crippen molar-refractivity contribution in [3.63, 3.8) is 0 Å². The molecule has 0 fully saturated rings. The highest BCUT2D eigenvalue weighted by atomic mass is 16.5. The van der Waals surface area contributed by atoms with Gasteiger partial charge in [-0.3, -0.25) is 0 Å². The molecule has 0 saturated heterocycles. The van der Waals surface area contributed by atoms with Crippen LogP contribution in [0.4, 0.5) is 0 Å². The molecule has 0 atom stereocenters. The van der Waals surface area contributed by atoms with E-state index in [2.05, 4.69) is 0 Å². The van der Waals surface area contributed by atoms with Crippen LogP contribution in [0.15, 0.2) is 114 Å². The maximum atomic E-state index is 12.6. The Kier molecular flexibility index (Phi) is 4.80. The highest BCUT2D eigenvalue weighted by Gasteiger charge is 2.24. The SMILES string of the molecule is O=C1OC(C=Cc2ccccc2)=CC1=C(c1ccccc1)c1ccccc1. The summed E-state index contributed by atoms with van der Waals surface area (Å²) in [5.41, 5.74) is 4.48. The lowest BCUT2D eigenvalue weighted by Crippen LogP contribution is -2.02. The van der Waals surface area contributed by atoms with Crippen LogP contribution >= 0.6 is 0 Å². The molecule has 3 aromatic carbocycles. The average Bonchev–Trinajstić information content (AvgIpc) is 3.09. The van der Waals surface area contributed by atoms with Crippen molar-refractivity contribution in [2.24, 2.45) is 0 Å². The van der Waals surface area contributed by atoms with E-state index >= 15 is 0 Å². The number of carbonyl (C=O) groups excluding carboxylic acids is 1. The van der Waals surface area contributed by atoms with Crippen molar-refractivity contribution in [3.8, 4) is 0 Å². The first-order valence-electron chi connectivity index (χ1n) is 8.83. The van der Waals surface area contributed by atoms with Crippen molar-refractivity contribution in [3.05, 3.63) is 131 Å². The Morgan fingerprint density at radius 2 is 1.19 bits per heavy atom. The lowest BCUT2D eigenvalue weighted by atomic mass is 9.93. The van der Waals surface area contributed by atoms with Gasteiger partial charge in [-0.2, -0.15) is 0 Å². The molecule has 0 radical (unpaired) electrons. The molecule has 0 unspecified atom stereocenters. The van der Waals surface area contributed by atoms with Crippen LogP contribution in [0.25, 0.3) is 11.6 Å². The number of benzene rings is 3. The summed E-state index contributed by atoms with van der Waals surface area (Å²) in [5.74, 6) is 0.216. The van der Waals surface area contributed by atoms with Gasteiger partial charge < -0.3 is 4.74 Å². The van der Waals surface area contributed by atoms with Crippen molar-refractivity contribution >= 4 is 17.6 Å². The van der Waals surface area contributed by atoms with Gasteiger partial charge >= 0.3 is 5.97 Å². The third-order valence-corrected chi connectivity index (χ3v) is 4.35. The van der Waals surface area contributed by atoms with E-state index < -0.39 is 0 Å². The van der Waals surface area contributed by atoms with Crippen LogP contribution in [-0.2, 0) is 9.53 Å². The largest absolute Gasteiger partial charge is 0.423 e. The van der Waals surface area contributed by atoms with E-state index in [9.17, 15) is 4.79 Å². The van der Waals surface area contributed by atoms with Crippen molar-refractivity contribution in [1.82, 2.24) is 0 Å². The smallest absolute Gasteiger partial charge is 0.344 e. The number of hydrogen-bond donors (Lipinski definition) is 0. The quantitative estimate of drug-likeness (QED) is 0.449. The number of hydrogen-bond acceptors (Lipinski definition) is 2. The van der Waals surface area contributed by atoms with E-state index in [4.69, 9.17) is 4.74 Å². The van der Waals surface area contributed by atoms with Gasteiger partial charge in [0.15, 0.2) is 0 Å². The molecule has 0 spiro atoms. The third kappa shape index (κ3) is 3.80. The van der Waals surface area contributed by atoms with Gasteiger partial charge in [0.1, 0.15) is 5.76 Å². The summed E-state index contributed by atoms with van der Waals surface area (Å²) in [7, 11) is 0. The zero-order valence-corrected chi connectivity index (χ0v) is 14.7. The van der Waals surface area contributed by atoms with Crippen LogP contribution in [0, 0.1) is 0 Å². The Morgan fingerprint density at radius 3 is 1.74 bits per heavy atom. The van der Waals surface area contributed by atoms with E-state index in [1.54, 1.807) is 0 Å². The Bertz CT molecular complexity index is 986. The van der Waals surface area contributed by atoms with Gasteiger partial charge in [0, 0.05) is 5.57 Å². The standard InChI is InChI=1S/C25H18O2/c26-25-23(18-22(27-25)17-16-19-10-4-1-5-11-19)24(20-12-6-2-7-13-20)21-14-8-3-9-15-21/h1-18H. The molecule has 130 valence electrons. The summed E-state index contributed by atoms with van der Waals surface area (Å²) in [6.45, 7) is 0. The highest BCUT2D eigenvalue weighted by Crippen LogP contribution is 2.32. The van der Waals surface area contributed by atoms with Crippen molar-refractivity contribution < 1.29 is 9.53 Å². The molecule has 0 bridgehead atoms. The third-order valence-electron chi connectivity index (χ3n) is 4.35. The minimum atomic E-state index is -0.328. The summed E-state index contributed by atoms with van der Waals surface area (Å²) in [6, 6.07) is 29.8. The van der Waals surface area contributed by atoms with Crippen molar-refractivity contribution in [2.45, 2.75) is 0 Å². The molecule has 1 aliphatic rings. The predicted octanol–water partition coefficient (Wildman–Crippen LogP) is 5.64. The summed E-state index contributed by atoms with van der Waals surface area (Å²) in [6.07, 6.45) is 5.58. The van der Waals surface area contributed by atoms with Crippen LogP contribution in [0.2, 0.25) is 0 Å². The van der Waals surface area contributed by atoms with Gasteiger partial charge in [-0.15, -0.1) is 0 Å². The van der Waals surface area contributed by atoms with Crippen LogP contribution in [0.5, 0.6) is 0 Å². The fourth-order valence-electron chi connectivity index (χ4n) is 3.08. The summed E-state index contributed by atoms with van der Waals surface area (Å²) >= 11 is 0. The first kappa shape index (κ1) is 16.8. The van der Waals surface area contributed by atoms with Crippen LogP contribution in [0.3, 0.4) is 0 Å². The second kappa shape index (κ2) is 7.71. The van der Waals surface area contributed by atoms with Gasteiger partial charge in [-0.05, 0) is 28.8 Å². The molecule has 1 aliphatic heterocycles. The molecule has 2 heteroatoms. The van der Waals surface area contributed by atoms with Gasteiger partial charge in [0.05, 0.1) is 5.57 Å². The molecule has 0 aromatic heterocycles. The summed E-state index contributed by atoms with van der Waals surface area (Å²) < 4.78 is 5.50. The van der Waals surface area contributed by atoms with E-state index in [1.807, 2.05) is 109 Å². The van der Waals surface area contributed by atoms with Crippen LogP contribution < -0.4 is 0 Å². The molecule has 0 aliphatic carbocycles. The van der Waals surface area contributed by atoms with Crippen molar-refractivity contribution in [1.29, 1.82) is 0 Å². The van der Waals surface area contributed by atoms with Gasteiger partial charge in [0.2, 0.25) is 0 Å². The molecule has 0 saturated carbocycles. The first-order valence-corrected chi connectivity index (χ1v) is 8.83. The minimum absolute atomic E-state index is 0.328. The van der Waals surface area contributed by atoms with Crippen LogP contribution in [0.1, 0.15) is 16.7 Å². The number of cyclic esters (lactones) is 1. The number of rotatable bonds is 4. The second-order valence-electron chi connectivity index (χ2n) is 6.20. The zero-order valence-electron chi connectivity index (χ0n) is 14.7. The van der Waals surface area contributed by atoms with Gasteiger partial charge in [0.25, 0.3) is 0 Å². The Labute approximate surface area is 158 Å².